The van der Waals surface area contributed by atoms with Gasteiger partial charge < -0.3 is 14.4 Å². The fourth-order valence-electron chi connectivity index (χ4n) is 9.58. The maximum Gasteiger partial charge on any atom is 0.410 e. The van der Waals surface area contributed by atoms with Crippen LogP contribution < -0.4 is 9.64 Å². The highest BCUT2D eigenvalue weighted by Crippen LogP contribution is 2.50. The predicted octanol–water partition coefficient (Wildman–Crippen LogP) is 6.05. The summed E-state index contributed by atoms with van der Waals surface area (Å²) in [6, 6.07) is 6.90. The summed E-state index contributed by atoms with van der Waals surface area (Å²) in [5, 5.41) is 0.865. The average molecular weight is 638 g/mol. The van der Waals surface area contributed by atoms with E-state index in [2.05, 4.69) is 21.9 Å². The first kappa shape index (κ1) is 29.7. The Labute approximate surface area is 270 Å². The smallest absolute Gasteiger partial charge is 0.410 e. The van der Waals surface area contributed by atoms with Crippen LogP contribution in [-0.2, 0) is 29.4 Å². The zero-order valence-corrected chi connectivity index (χ0v) is 27.5. The first-order valence-electron chi connectivity index (χ1n) is 17.0. The van der Waals surface area contributed by atoms with Crippen LogP contribution in [0.2, 0.25) is 5.02 Å². The van der Waals surface area contributed by atoms with Gasteiger partial charge in [-0.15, -0.1) is 0 Å². The third kappa shape index (κ3) is 5.07. The second-order valence-corrected chi connectivity index (χ2v) is 15.9. The molecule has 3 unspecified atom stereocenters. The molecule has 1 aromatic heterocycles. The first-order valence-corrected chi connectivity index (χ1v) is 17.4. The molecule has 2 bridgehead atoms. The Morgan fingerprint density at radius 1 is 1.07 bits per heavy atom. The van der Waals surface area contributed by atoms with Crippen molar-refractivity contribution in [1.29, 1.82) is 0 Å². The molecule has 0 N–H and O–H groups in total. The van der Waals surface area contributed by atoms with Crippen LogP contribution in [0, 0.1) is 0 Å². The van der Waals surface area contributed by atoms with Gasteiger partial charge in [0.05, 0.1) is 23.3 Å². The molecule has 1 amide bonds. The topological polar surface area (TPSA) is 71.0 Å². The Morgan fingerprint density at radius 3 is 2.58 bits per heavy atom. The number of anilines is 1. The van der Waals surface area contributed by atoms with Gasteiger partial charge in [0, 0.05) is 42.1 Å². The monoisotopic (exact) mass is 637 g/mol. The zero-order chi connectivity index (χ0) is 31.1. The first-order chi connectivity index (χ1) is 21.5. The largest absolute Gasteiger partial charge is 0.461 e. The number of carbonyl (C=O) groups is 1. The normalized spacial score (nSPS) is 32.2. The van der Waals surface area contributed by atoms with E-state index in [0.29, 0.717) is 38.7 Å². The van der Waals surface area contributed by atoms with Crippen molar-refractivity contribution in [3.8, 4) is 6.01 Å². The molecule has 5 heterocycles. The highest BCUT2D eigenvalue weighted by atomic mass is 35.5. The molecule has 6 aliphatic rings. The van der Waals surface area contributed by atoms with E-state index in [-0.39, 0.29) is 29.1 Å². The van der Waals surface area contributed by atoms with Crippen molar-refractivity contribution in [3.05, 3.63) is 45.6 Å². The quantitative estimate of drug-likeness (QED) is 0.405. The number of alkyl halides is 1. The number of piperazine rings is 1. The van der Waals surface area contributed by atoms with Gasteiger partial charge in [-0.2, -0.15) is 9.97 Å². The number of aromatic nitrogens is 2. The minimum atomic E-state index is -0.806. The number of rotatable bonds is 4. The summed E-state index contributed by atoms with van der Waals surface area (Å²) in [5.41, 5.74) is 4.14. The average Bonchev–Trinajstić information content (AvgIpc) is 3.70. The summed E-state index contributed by atoms with van der Waals surface area (Å²) >= 11 is 6.66. The van der Waals surface area contributed by atoms with Gasteiger partial charge in [0.25, 0.3) is 0 Å². The summed E-state index contributed by atoms with van der Waals surface area (Å²) in [6.07, 6.45) is 8.23. The van der Waals surface area contributed by atoms with Crippen LogP contribution in [0.4, 0.5) is 15.0 Å². The van der Waals surface area contributed by atoms with Gasteiger partial charge in [0.2, 0.25) is 0 Å². The Morgan fingerprint density at radius 2 is 1.82 bits per heavy atom. The van der Waals surface area contributed by atoms with E-state index in [1.54, 1.807) is 0 Å². The van der Waals surface area contributed by atoms with Crippen LogP contribution in [0.25, 0.3) is 0 Å². The van der Waals surface area contributed by atoms with Crippen LogP contribution in [0.1, 0.15) is 88.1 Å². The molecule has 45 heavy (non-hydrogen) atoms. The van der Waals surface area contributed by atoms with Crippen LogP contribution >= 0.6 is 11.6 Å². The molecule has 242 valence electrons. The van der Waals surface area contributed by atoms with Crippen LogP contribution in [-0.4, -0.2) is 88.0 Å². The van der Waals surface area contributed by atoms with E-state index in [4.69, 9.17) is 31.0 Å². The molecule has 4 saturated heterocycles. The minimum absolute atomic E-state index is 0.0123. The number of fused-ring (bicyclic) bond motifs is 6. The maximum atomic E-state index is 14.5. The van der Waals surface area contributed by atoms with Gasteiger partial charge >= 0.3 is 12.1 Å². The fraction of sp³-hybridized carbons (Fsp3) is 0.686. The second kappa shape index (κ2) is 10.7. The SMILES string of the molecule is CC(C)(C)OC(=O)N1C2CCC1CN(c1nc(OC[C@@]34CCCN3C[C@H](F)C4)nc3c1CCC1(CCc4c(Cl)cccc41)C3)C2. The van der Waals surface area contributed by atoms with E-state index in [1.807, 2.05) is 31.7 Å². The lowest BCUT2D eigenvalue weighted by Gasteiger charge is -2.43. The molecule has 4 aliphatic heterocycles. The van der Waals surface area contributed by atoms with Gasteiger partial charge in [-0.05, 0) is 102 Å². The predicted molar refractivity (Wildman–Crippen MR) is 171 cm³/mol. The summed E-state index contributed by atoms with van der Waals surface area (Å²) in [6.45, 7) is 9.02. The number of amides is 1. The summed E-state index contributed by atoms with van der Waals surface area (Å²) in [4.78, 5) is 30.1. The third-order valence-corrected chi connectivity index (χ3v) is 11.9. The summed E-state index contributed by atoms with van der Waals surface area (Å²) in [7, 11) is 0. The number of nitrogens with zero attached hydrogens (tertiary/aromatic N) is 5. The Kier molecular flexibility index (Phi) is 7.06. The minimum Gasteiger partial charge on any atom is -0.461 e. The molecule has 2 aromatic rings. The van der Waals surface area contributed by atoms with E-state index >= 15 is 0 Å². The van der Waals surface area contributed by atoms with Crippen molar-refractivity contribution in [2.45, 2.75) is 120 Å². The molecule has 1 aromatic carbocycles. The highest BCUT2D eigenvalue weighted by molar-refractivity contribution is 6.31. The lowest BCUT2D eigenvalue weighted by Crippen LogP contribution is -2.57. The van der Waals surface area contributed by atoms with Gasteiger partial charge in [-0.25, -0.2) is 9.18 Å². The molecule has 4 fully saturated rings. The number of ether oxygens (including phenoxy) is 2. The molecule has 10 heteroatoms. The zero-order valence-electron chi connectivity index (χ0n) is 26.8. The lowest BCUT2D eigenvalue weighted by atomic mass is 9.69. The van der Waals surface area contributed by atoms with Crippen molar-refractivity contribution in [1.82, 2.24) is 19.8 Å². The summed E-state index contributed by atoms with van der Waals surface area (Å²) < 4.78 is 26.8. The number of halogens is 2. The lowest BCUT2D eigenvalue weighted by molar-refractivity contribution is 0.0122. The van der Waals surface area contributed by atoms with E-state index in [1.165, 1.54) is 16.7 Å². The van der Waals surface area contributed by atoms with Gasteiger partial charge in [-0.1, -0.05) is 23.7 Å². The number of benzene rings is 1. The molecular formula is C35H45ClFN5O3. The second-order valence-electron chi connectivity index (χ2n) is 15.5. The maximum absolute atomic E-state index is 14.5. The molecule has 2 aliphatic carbocycles. The molecule has 8 rings (SSSR count). The van der Waals surface area contributed by atoms with Crippen molar-refractivity contribution >= 4 is 23.5 Å². The van der Waals surface area contributed by atoms with Crippen LogP contribution in [0.3, 0.4) is 0 Å². The van der Waals surface area contributed by atoms with E-state index in [0.717, 1.165) is 80.9 Å². The molecule has 8 nitrogen and oxygen atoms in total. The van der Waals surface area contributed by atoms with Crippen molar-refractivity contribution in [2.24, 2.45) is 0 Å². The van der Waals surface area contributed by atoms with Gasteiger partial charge in [0.15, 0.2) is 0 Å². The highest BCUT2D eigenvalue weighted by Gasteiger charge is 2.50. The number of hydrogen-bond donors (Lipinski definition) is 0. The summed E-state index contributed by atoms with van der Waals surface area (Å²) in [5.74, 6) is 0.950. The standard InChI is InChI=1S/C35H45ClFN5O3/c1-33(2,3)45-32(43)42-23-8-9-24(42)20-40(19-23)30-26-11-14-34(13-10-25-27(34)6-4-7-28(25)36)17-29(26)38-31(39-30)44-21-35-12-5-15-41(35)18-22(37)16-35/h4,6-7,22-24H,5,8-21H2,1-3H3/t22-,23?,24?,34?,35+/m1/s1. The molecule has 0 saturated carbocycles. The van der Waals surface area contributed by atoms with Crippen LogP contribution in [0.5, 0.6) is 6.01 Å². The molecule has 5 atom stereocenters. The molecule has 0 radical (unpaired) electrons. The van der Waals surface area contributed by atoms with Crippen molar-refractivity contribution in [3.63, 3.8) is 0 Å². The van der Waals surface area contributed by atoms with Crippen molar-refractivity contribution < 1.29 is 18.7 Å². The fourth-order valence-corrected chi connectivity index (χ4v) is 9.85. The molecular weight excluding hydrogens is 593 g/mol. The molecule has 1 spiro atoms. The Balaban J connectivity index is 1.11. The number of carbonyl (C=O) groups excluding carboxylic acids is 1. The van der Waals surface area contributed by atoms with Gasteiger partial charge in [0.1, 0.15) is 24.2 Å². The van der Waals surface area contributed by atoms with Gasteiger partial charge in [-0.3, -0.25) is 9.80 Å². The Bertz CT molecular complexity index is 1500. The van der Waals surface area contributed by atoms with Crippen molar-refractivity contribution in [2.75, 3.05) is 37.7 Å². The van der Waals surface area contributed by atoms with Crippen LogP contribution in [0.15, 0.2) is 18.2 Å². The third-order valence-electron chi connectivity index (χ3n) is 11.6. The van der Waals surface area contributed by atoms with E-state index in [9.17, 15) is 9.18 Å². The Hall–Kier alpha value is -2.65. The van der Waals surface area contributed by atoms with E-state index < -0.39 is 11.8 Å². The number of hydrogen-bond acceptors (Lipinski definition) is 7.